The highest BCUT2D eigenvalue weighted by molar-refractivity contribution is 5.78. The van der Waals surface area contributed by atoms with Crippen LogP contribution < -0.4 is 0 Å². The highest BCUT2D eigenvalue weighted by Gasteiger charge is 2.29. The molecule has 0 N–H and O–H groups in total. The molecule has 2 atom stereocenters. The molecule has 1 aliphatic rings. The van der Waals surface area contributed by atoms with Gasteiger partial charge in [-0.25, -0.2) is 0 Å². The van der Waals surface area contributed by atoms with E-state index in [4.69, 9.17) is 4.74 Å². The predicted molar refractivity (Wildman–Crippen MR) is 105 cm³/mol. The van der Waals surface area contributed by atoms with Crippen LogP contribution in [-0.2, 0) is 11.3 Å². The van der Waals surface area contributed by atoms with E-state index < -0.39 is 0 Å². The third-order valence-corrected chi connectivity index (χ3v) is 5.25. The van der Waals surface area contributed by atoms with Crippen molar-refractivity contribution >= 4 is 10.9 Å². The molecule has 0 aliphatic carbocycles. The molecule has 2 heterocycles. The Morgan fingerprint density at radius 1 is 1.08 bits per heavy atom. The second kappa shape index (κ2) is 8.02. The van der Waals surface area contributed by atoms with Crippen molar-refractivity contribution in [2.75, 3.05) is 26.2 Å². The summed E-state index contributed by atoms with van der Waals surface area (Å²) in [7, 11) is 0. The molecule has 0 spiro atoms. The van der Waals surface area contributed by atoms with Gasteiger partial charge in [-0.1, -0.05) is 55.5 Å². The molecule has 1 aromatic heterocycles. The fourth-order valence-electron chi connectivity index (χ4n) is 4.04. The van der Waals surface area contributed by atoms with Crippen molar-refractivity contribution in [3.8, 4) is 0 Å². The molecular formula is C22H27N3O. The Morgan fingerprint density at radius 3 is 2.73 bits per heavy atom. The Hall–Kier alpha value is -2.17. The van der Waals surface area contributed by atoms with Crippen LogP contribution in [0.1, 0.15) is 25.0 Å². The van der Waals surface area contributed by atoms with E-state index >= 15 is 0 Å². The Balaban J connectivity index is 1.64. The minimum absolute atomic E-state index is 0.112. The third kappa shape index (κ3) is 3.67. The van der Waals surface area contributed by atoms with E-state index in [1.807, 2.05) is 6.20 Å². The zero-order chi connectivity index (χ0) is 17.8. The first-order valence-electron chi connectivity index (χ1n) is 9.64. The molecule has 0 saturated carbocycles. The number of aromatic nitrogens is 2. The SMILES string of the molecule is CCCN1CCOC(c2ccccc2)C(Cn2ncc3ccccc32)C1. The maximum absolute atomic E-state index is 6.36. The zero-order valence-corrected chi connectivity index (χ0v) is 15.4. The van der Waals surface area contributed by atoms with Gasteiger partial charge in [0, 0.05) is 30.9 Å². The van der Waals surface area contributed by atoms with Crippen LogP contribution in [0.2, 0.25) is 0 Å². The second-order valence-corrected chi connectivity index (χ2v) is 7.15. The van der Waals surface area contributed by atoms with Gasteiger partial charge >= 0.3 is 0 Å². The standard InChI is InChI=1S/C22H27N3O/c1-2-12-24-13-14-26-22(18-8-4-3-5-9-18)20(16-24)17-25-21-11-7-6-10-19(21)15-23-25/h3-11,15,20,22H,2,12-14,16-17H2,1H3. The van der Waals surface area contributed by atoms with Gasteiger partial charge < -0.3 is 9.64 Å². The molecule has 3 aromatic rings. The van der Waals surface area contributed by atoms with Crippen molar-refractivity contribution in [2.24, 2.45) is 5.92 Å². The third-order valence-electron chi connectivity index (χ3n) is 5.25. The highest BCUT2D eigenvalue weighted by Crippen LogP contribution is 2.31. The summed E-state index contributed by atoms with van der Waals surface area (Å²) in [6.07, 6.45) is 3.25. The van der Waals surface area contributed by atoms with E-state index in [0.717, 1.165) is 32.8 Å². The van der Waals surface area contributed by atoms with Crippen molar-refractivity contribution < 1.29 is 4.74 Å². The molecule has 4 heteroatoms. The lowest BCUT2D eigenvalue weighted by molar-refractivity contribution is 0.0247. The summed E-state index contributed by atoms with van der Waals surface area (Å²) in [6.45, 7) is 7.08. The molecular weight excluding hydrogens is 322 g/mol. The first-order valence-corrected chi connectivity index (χ1v) is 9.64. The van der Waals surface area contributed by atoms with Crippen LogP contribution in [0.4, 0.5) is 0 Å². The van der Waals surface area contributed by atoms with Gasteiger partial charge in [0.2, 0.25) is 0 Å². The molecule has 136 valence electrons. The molecule has 2 unspecified atom stereocenters. The molecule has 1 fully saturated rings. The summed E-state index contributed by atoms with van der Waals surface area (Å²) in [5, 5.41) is 5.86. The first-order chi connectivity index (χ1) is 12.8. The molecule has 0 bridgehead atoms. The average molecular weight is 349 g/mol. The van der Waals surface area contributed by atoms with Gasteiger partial charge in [0.25, 0.3) is 0 Å². The zero-order valence-electron chi connectivity index (χ0n) is 15.4. The van der Waals surface area contributed by atoms with Crippen LogP contribution in [0.15, 0.2) is 60.8 Å². The van der Waals surface area contributed by atoms with E-state index in [2.05, 4.69) is 76.2 Å². The maximum Gasteiger partial charge on any atom is 0.0883 e. The Labute approximate surface area is 155 Å². The van der Waals surface area contributed by atoms with Gasteiger partial charge in [-0.3, -0.25) is 4.68 Å². The Kier molecular flexibility index (Phi) is 5.32. The summed E-state index contributed by atoms with van der Waals surface area (Å²) in [4.78, 5) is 2.54. The number of rotatable bonds is 5. The maximum atomic E-state index is 6.36. The molecule has 4 nitrogen and oxygen atoms in total. The summed E-state index contributed by atoms with van der Waals surface area (Å²) in [5.41, 5.74) is 2.47. The number of hydrogen-bond donors (Lipinski definition) is 0. The van der Waals surface area contributed by atoms with Crippen LogP contribution in [0.5, 0.6) is 0 Å². The van der Waals surface area contributed by atoms with Crippen LogP contribution in [0, 0.1) is 5.92 Å². The second-order valence-electron chi connectivity index (χ2n) is 7.15. The van der Waals surface area contributed by atoms with E-state index in [0.29, 0.717) is 5.92 Å². The molecule has 2 aromatic carbocycles. The summed E-state index contributed by atoms with van der Waals surface area (Å²) in [6, 6.07) is 19.1. The van der Waals surface area contributed by atoms with Crippen molar-refractivity contribution in [1.82, 2.24) is 14.7 Å². The van der Waals surface area contributed by atoms with E-state index in [9.17, 15) is 0 Å². The van der Waals surface area contributed by atoms with Crippen molar-refractivity contribution in [1.29, 1.82) is 0 Å². The summed E-state index contributed by atoms with van der Waals surface area (Å²) in [5.74, 6) is 0.370. The molecule has 0 amide bonds. The average Bonchev–Trinajstić information content (AvgIpc) is 2.97. The van der Waals surface area contributed by atoms with Crippen LogP contribution in [-0.4, -0.2) is 40.9 Å². The topological polar surface area (TPSA) is 30.3 Å². The lowest BCUT2D eigenvalue weighted by Gasteiger charge is -2.28. The molecule has 1 aliphatic heterocycles. The fourth-order valence-corrected chi connectivity index (χ4v) is 4.04. The number of nitrogens with zero attached hydrogens (tertiary/aromatic N) is 3. The van der Waals surface area contributed by atoms with E-state index in [1.54, 1.807) is 0 Å². The molecule has 0 radical (unpaired) electrons. The van der Waals surface area contributed by atoms with Crippen LogP contribution in [0.3, 0.4) is 0 Å². The number of ether oxygens (including phenoxy) is 1. The molecule has 4 rings (SSSR count). The lowest BCUT2D eigenvalue weighted by Crippen LogP contribution is -2.33. The van der Waals surface area contributed by atoms with Gasteiger partial charge in [0.15, 0.2) is 0 Å². The molecule has 1 saturated heterocycles. The number of para-hydroxylation sites is 1. The summed E-state index contributed by atoms with van der Waals surface area (Å²) >= 11 is 0. The van der Waals surface area contributed by atoms with Gasteiger partial charge in [-0.05, 0) is 24.6 Å². The first kappa shape index (κ1) is 17.3. The number of fused-ring (bicyclic) bond motifs is 1. The minimum Gasteiger partial charge on any atom is -0.372 e. The van der Waals surface area contributed by atoms with Crippen molar-refractivity contribution in [3.63, 3.8) is 0 Å². The van der Waals surface area contributed by atoms with Gasteiger partial charge in [0.1, 0.15) is 0 Å². The van der Waals surface area contributed by atoms with Gasteiger partial charge in [0.05, 0.1) is 24.4 Å². The quantitative estimate of drug-likeness (QED) is 0.694. The van der Waals surface area contributed by atoms with Crippen LogP contribution in [0.25, 0.3) is 10.9 Å². The van der Waals surface area contributed by atoms with Crippen molar-refractivity contribution in [2.45, 2.75) is 26.0 Å². The predicted octanol–water partition coefficient (Wildman–Crippen LogP) is 4.14. The van der Waals surface area contributed by atoms with E-state index in [1.165, 1.54) is 22.9 Å². The smallest absolute Gasteiger partial charge is 0.0883 e. The van der Waals surface area contributed by atoms with Gasteiger partial charge in [-0.2, -0.15) is 5.10 Å². The lowest BCUT2D eigenvalue weighted by atomic mass is 9.95. The minimum atomic E-state index is 0.112. The van der Waals surface area contributed by atoms with Crippen molar-refractivity contribution in [3.05, 3.63) is 66.4 Å². The molecule has 26 heavy (non-hydrogen) atoms. The number of benzene rings is 2. The number of hydrogen-bond acceptors (Lipinski definition) is 3. The van der Waals surface area contributed by atoms with E-state index in [-0.39, 0.29) is 6.10 Å². The summed E-state index contributed by atoms with van der Waals surface area (Å²) < 4.78 is 8.50. The Bertz CT molecular complexity index is 830. The van der Waals surface area contributed by atoms with Gasteiger partial charge in [-0.15, -0.1) is 0 Å². The Morgan fingerprint density at radius 2 is 1.88 bits per heavy atom. The normalized spacial score (nSPS) is 21.7. The van der Waals surface area contributed by atoms with Crippen LogP contribution >= 0.6 is 0 Å². The largest absolute Gasteiger partial charge is 0.372 e. The highest BCUT2D eigenvalue weighted by atomic mass is 16.5. The monoisotopic (exact) mass is 349 g/mol. The fraction of sp³-hybridized carbons (Fsp3) is 0.409.